The molecule has 1 saturated carbocycles. The molecule has 3 aromatic rings. The first-order valence-electron chi connectivity index (χ1n) is 11.2. The molecule has 1 aromatic heterocycles. The molecule has 1 saturated heterocycles. The first-order valence-corrected chi connectivity index (χ1v) is 11.2. The molecule has 5 heteroatoms. The largest absolute Gasteiger partial charge is 0.328 e. The molecule has 1 atom stereocenters. The van der Waals surface area contributed by atoms with Crippen molar-refractivity contribution in [1.29, 1.82) is 0 Å². The maximum absolute atomic E-state index is 13.3. The van der Waals surface area contributed by atoms with E-state index in [1.54, 1.807) is 17.0 Å². The summed E-state index contributed by atoms with van der Waals surface area (Å²) in [6, 6.07) is 14.5. The highest BCUT2D eigenvalue weighted by Gasteiger charge is 2.35. The quantitative estimate of drug-likeness (QED) is 0.549. The molecular formula is C25H28FN3O. The van der Waals surface area contributed by atoms with Gasteiger partial charge >= 0.3 is 0 Å². The third-order valence-corrected chi connectivity index (χ3v) is 6.80. The first kappa shape index (κ1) is 19.3. The summed E-state index contributed by atoms with van der Waals surface area (Å²) in [6.45, 7) is 1.55. The van der Waals surface area contributed by atoms with Gasteiger partial charge < -0.3 is 9.47 Å². The molecular weight excluding hydrogens is 377 g/mol. The number of anilines is 1. The molecule has 1 aliphatic carbocycles. The summed E-state index contributed by atoms with van der Waals surface area (Å²) in [5.74, 6) is 1.67. The maximum atomic E-state index is 13.3. The van der Waals surface area contributed by atoms with Gasteiger partial charge in [0.25, 0.3) is 0 Å². The smallest absolute Gasteiger partial charge is 0.227 e. The lowest BCUT2D eigenvalue weighted by Gasteiger charge is -2.23. The summed E-state index contributed by atoms with van der Waals surface area (Å²) in [4.78, 5) is 19.5. The molecule has 156 valence electrons. The van der Waals surface area contributed by atoms with Crippen molar-refractivity contribution in [3.05, 3.63) is 60.2 Å². The number of rotatable bonds is 5. The van der Waals surface area contributed by atoms with Crippen molar-refractivity contribution in [2.24, 2.45) is 5.92 Å². The van der Waals surface area contributed by atoms with Gasteiger partial charge in [0.15, 0.2) is 0 Å². The SMILES string of the molecule is O=C1CC(c2nc3ccccc3n2CCC2CCCCC2)CN1c1ccc(F)cc1. The Balaban J connectivity index is 1.42. The third-order valence-electron chi connectivity index (χ3n) is 6.80. The predicted octanol–water partition coefficient (Wildman–Crippen LogP) is 5.67. The Morgan fingerprint density at radius 2 is 1.77 bits per heavy atom. The van der Waals surface area contributed by atoms with Crippen molar-refractivity contribution in [3.63, 3.8) is 0 Å². The van der Waals surface area contributed by atoms with Gasteiger partial charge in [0.1, 0.15) is 11.6 Å². The highest BCUT2D eigenvalue weighted by atomic mass is 19.1. The number of aryl methyl sites for hydroxylation is 1. The van der Waals surface area contributed by atoms with Crippen LogP contribution in [0.15, 0.2) is 48.5 Å². The minimum Gasteiger partial charge on any atom is -0.328 e. The zero-order valence-corrected chi connectivity index (χ0v) is 17.3. The van der Waals surface area contributed by atoms with E-state index in [9.17, 15) is 9.18 Å². The van der Waals surface area contributed by atoms with E-state index in [4.69, 9.17) is 4.98 Å². The van der Waals surface area contributed by atoms with Gasteiger partial charge in [-0.25, -0.2) is 9.37 Å². The fourth-order valence-electron chi connectivity index (χ4n) is 5.18. The van der Waals surface area contributed by atoms with Crippen LogP contribution in [0.4, 0.5) is 10.1 Å². The van der Waals surface area contributed by atoms with E-state index in [1.165, 1.54) is 50.7 Å². The number of amides is 1. The van der Waals surface area contributed by atoms with Gasteiger partial charge in [0.05, 0.1) is 11.0 Å². The Bertz CT molecular complexity index is 1040. The van der Waals surface area contributed by atoms with Crippen LogP contribution in [0, 0.1) is 11.7 Å². The van der Waals surface area contributed by atoms with Gasteiger partial charge in [-0.15, -0.1) is 0 Å². The van der Waals surface area contributed by atoms with Crippen LogP contribution in [0.1, 0.15) is 56.7 Å². The molecule has 2 heterocycles. The van der Waals surface area contributed by atoms with E-state index < -0.39 is 0 Å². The monoisotopic (exact) mass is 405 g/mol. The number of imidazole rings is 1. The van der Waals surface area contributed by atoms with Gasteiger partial charge in [-0.05, 0) is 48.7 Å². The second-order valence-electron chi connectivity index (χ2n) is 8.78. The second-order valence-corrected chi connectivity index (χ2v) is 8.78. The summed E-state index contributed by atoms with van der Waals surface area (Å²) >= 11 is 0. The number of carbonyl (C=O) groups excluding carboxylic acids is 1. The van der Waals surface area contributed by atoms with Gasteiger partial charge in [0, 0.05) is 31.1 Å². The number of halogens is 1. The number of benzene rings is 2. The maximum Gasteiger partial charge on any atom is 0.227 e. The number of hydrogen-bond acceptors (Lipinski definition) is 2. The number of fused-ring (bicyclic) bond motifs is 1. The second kappa shape index (κ2) is 8.21. The van der Waals surface area contributed by atoms with Gasteiger partial charge in [-0.1, -0.05) is 44.2 Å². The summed E-state index contributed by atoms with van der Waals surface area (Å²) < 4.78 is 15.7. The third kappa shape index (κ3) is 3.73. The Kier molecular flexibility index (Phi) is 5.28. The van der Waals surface area contributed by atoms with E-state index in [-0.39, 0.29) is 17.6 Å². The average molecular weight is 406 g/mol. The van der Waals surface area contributed by atoms with Crippen molar-refractivity contribution in [3.8, 4) is 0 Å². The number of nitrogens with zero attached hydrogens (tertiary/aromatic N) is 3. The van der Waals surface area contributed by atoms with E-state index in [0.29, 0.717) is 13.0 Å². The molecule has 0 radical (unpaired) electrons. The zero-order chi connectivity index (χ0) is 20.5. The van der Waals surface area contributed by atoms with E-state index in [2.05, 4.69) is 22.8 Å². The topological polar surface area (TPSA) is 38.1 Å². The normalized spacial score (nSPS) is 20.4. The average Bonchev–Trinajstić information content (AvgIpc) is 3.34. The molecule has 1 aliphatic heterocycles. The highest BCUT2D eigenvalue weighted by molar-refractivity contribution is 5.96. The summed E-state index contributed by atoms with van der Waals surface area (Å²) in [6.07, 6.45) is 8.38. The van der Waals surface area contributed by atoms with E-state index >= 15 is 0 Å². The van der Waals surface area contributed by atoms with Crippen LogP contribution in [0.3, 0.4) is 0 Å². The van der Waals surface area contributed by atoms with Crippen molar-refractivity contribution >= 4 is 22.6 Å². The summed E-state index contributed by atoms with van der Waals surface area (Å²) in [7, 11) is 0. The lowest BCUT2D eigenvalue weighted by atomic mass is 9.87. The van der Waals surface area contributed by atoms with Crippen LogP contribution in [0.2, 0.25) is 0 Å². The molecule has 2 aliphatic rings. The fourth-order valence-corrected chi connectivity index (χ4v) is 5.18. The van der Waals surface area contributed by atoms with Crippen LogP contribution in [-0.4, -0.2) is 22.0 Å². The lowest BCUT2D eigenvalue weighted by Crippen LogP contribution is -2.24. The van der Waals surface area contributed by atoms with Crippen LogP contribution in [0.25, 0.3) is 11.0 Å². The Morgan fingerprint density at radius 1 is 1.00 bits per heavy atom. The molecule has 4 nitrogen and oxygen atoms in total. The van der Waals surface area contributed by atoms with Crippen molar-refractivity contribution in [1.82, 2.24) is 9.55 Å². The lowest BCUT2D eigenvalue weighted by molar-refractivity contribution is -0.117. The molecule has 30 heavy (non-hydrogen) atoms. The Hall–Kier alpha value is -2.69. The fraction of sp³-hybridized carbons (Fsp3) is 0.440. The minimum absolute atomic E-state index is 0.0568. The number of carbonyl (C=O) groups is 1. The van der Waals surface area contributed by atoms with E-state index in [0.717, 1.165) is 35.0 Å². The number of hydrogen-bond donors (Lipinski definition) is 0. The van der Waals surface area contributed by atoms with Gasteiger partial charge in [-0.2, -0.15) is 0 Å². The molecule has 2 aromatic carbocycles. The predicted molar refractivity (Wildman–Crippen MR) is 117 cm³/mol. The molecule has 1 amide bonds. The first-order chi connectivity index (χ1) is 14.7. The molecule has 0 N–H and O–H groups in total. The van der Waals surface area contributed by atoms with E-state index in [1.807, 2.05) is 6.07 Å². The summed E-state index contributed by atoms with van der Waals surface area (Å²) in [5.41, 5.74) is 2.92. The van der Waals surface area contributed by atoms with Crippen LogP contribution in [0.5, 0.6) is 0 Å². The van der Waals surface area contributed by atoms with Crippen molar-refractivity contribution in [2.75, 3.05) is 11.4 Å². The molecule has 2 fully saturated rings. The van der Waals surface area contributed by atoms with Gasteiger partial charge in [0.2, 0.25) is 5.91 Å². The van der Waals surface area contributed by atoms with Crippen LogP contribution in [-0.2, 0) is 11.3 Å². The summed E-state index contributed by atoms with van der Waals surface area (Å²) in [5, 5.41) is 0. The van der Waals surface area contributed by atoms with Crippen LogP contribution >= 0.6 is 0 Å². The molecule has 0 bridgehead atoms. The Labute approximate surface area is 176 Å². The van der Waals surface area contributed by atoms with Crippen molar-refractivity contribution < 1.29 is 9.18 Å². The number of aromatic nitrogens is 2. The highest BCUT2D eigenvalue weighted by Crippen LogP contribution is 2.34. The van der Waals surface area contributed by atoms with Gasteiger partial charge in [-0.3, -0.25) is 4.79 Å². The van der Waals surface area contributed by atoms with Crippen LogP contribution < -0.4 is 4.90 Å². The standard InChI is InChI=1S/C25H28FN3O/c26-20-10-12-21(13-11-20)29-17-19(16-24(29)30)25-27-22-8-4-5-9-23(22)28(25)15-14-18-6-2-1-3-7-18/h4-5,8-13,18-19H,1-3,6-7,14-17H2. The number of para-hydroxylation sites is 2. The zero-order valence-electron chi connectivity index (χ0n) is 17.3. The van der Waals surface area contributed by atoms with Crippen molar-refractivity contribution in [2.45, 2.75) is 57.4 Å². The molecule has 5 rings (SSSR count). The molecule has 0 spiro atoms. The Morgan fingerprint density at radius 3 is 2.57 bits per heavy atom. The molecule has 1 unspecified atom stereocenters. The minimum atomic E-state index is -0.286.